The summed E-state index contributed by atoms with van der Waals surface area (Å²) in [4.78, 5) is 11.7. The summed E-state index contributed by atoms with van der Waals surface area (Å²) in [5, 5.41) is 3.91. The first-order chi connectivity index (χ1) is 5.96. The third-order valence-corrected chi connectivity index (χ3v) is 2.26. The van der Waals surface area contributed by atoms with Crippen molar-refractivity contribution in [1.29, 1.82) is 0 Å². The van der Waals surface area contributed by atoms with Crippen molar-refractivity contribution in [3.63, 3.8) is 0 Å². The smallest absolute Gasteiger partial charge is 0.278 e. The van der Waals surface area contributed by atoms with E-state index in [4.69, 9.17) is 5.84 Å². The zero-order valence-electron chi connectivity index (χ0n) is 7.79. The van der Waals surface area contributed by atoms with Gasteiger partial charge in [0.1, 0.15) is 4.88 Å². The zero-order valence-corrected chi connectivity index (χ0v) is 8.60. The van der Waals surface area contributed by atoms with Crippen molar-refractivity contribution in [1.82, 2.24) is 15.0 Å². The van der Waals surface area contributed by atoms with Crippen LogP contribution in [0.5, 0.6) is 0 Å². The van der Waals surface area contributed by atoms with E-state index in [1.54, 1.807) is 0 Å². The first kappa shape index (κ1) is 10.1. The first-order valence-corrected chi connectivity index (χ1v) is 4.58. The number of hydrazine groups is 1. The number of nitrogen functional groups attached to an aromatic ring is 1. The fourth-order valence-corrected chi connectivity index (χ4v) is 1.68. The molecule has 0 atom stereocenters. The minimum absolute atomic E-state index is 0.186. The molecule has 1 amide bonds. The average molecular weight is 200 g/mol. The van der Waals surface area contributed by atoms with Gasteiger partial charge in [-0.2, -0.15) is 0 Å². The van der Waals surface area contributed by atoms with Gasteiger partial charge < -0.3 is 0 Å². The molecule has 1 rings (SSSR count). The van der Waals surface area contributed by atoms with Crippen molar-refractivity contribution in [2.75, 3.05) is 0 Å². The highest BCUT2D eigenvalue weighted by atomic mass is 32.1. The summed E-state index contributed by atoms with van der Waals surface area (Å²) >= 11 is 1.06. The van der Waals surface area contributed by atoms with Gasteiger partial charge in [-0.15, -0.1) is 5.10 Å². The number of hydrogen-bond donors (Lipinski definition) is 2. The van der Waals surface area contributed by atoms with Crippen LogP contribution >= 0.6 is 11.5 Å². The Labute approximate surface area is 80.5 Å². The standard InChI is InChI=1S/C7H12N4OS/c1-7(2,3)5-4(6(12)9-8)13-11-10-5/h8H2,1-3H3,(H,9,12). The van der Waals surface area contributed by atoms with Crippen molar-refractivity contribution in [2.24, 2.45) is 5.84 Å². The Balaban J connectivity index is 3.10. The van der Waals surface area contributed by atoms with Gasteiger partial charge in [-0.05, 0) is 11.5 Å². The molecule has 0 spiro atoms. The number of nitrogens with one attached hydrogen (secondary N) is 1. The van der Waals surface area contributed by atoms with Gasteiger partial charge in [0.05, 0.1) is 5.69 Å². The third-order valence-electron chi connectivity index (χ3n) is 1.54. The third kappa shape index (κ3) is 2.02. The van der Waals surface area contributed by atoms with Gasteiger partial charge in [0.15, 0.2) is 0 Å². The van der Waals surface area contributed by atoms with Gasteiger partial charge >= 0.3 is 0 Å². The van der Waals surface area contributed by atoms with Crippen LogP contribution in [0, 0.1) is 0 Å². The average Bonchev–Trinajstić information content (AvgIpc) is 2.49. The predicted molar refractivity (Wildman–Crippen MR) is 50.3 cm³/mol. The molecule has 0 fully saturated rings. The van der Waals surface area contributed by atoms with Gasteiger partial charge in [0, 0.05) is 5.41 Å². The van der Waals surface area contributed by atoms with E-state index in [0.29, 0.717) is 10.6 Å². The molecule has 1 aromatic heterocycles. The molecule has 13 heavy (non-hydrogen) atoms. The topological polar surface area (TPSA) is 80.9 Å². The lowest BCUT2D eigenvalue weighted by Crippen LogP contribution is -2.31. The van der Waals surface area contributed by atoms with Gasteiger partial charge in [-0.3, -0.25) is 10.2 Å². The minimum Gasteiger partial charge on any atom is -0.289 e. The van der Waals surface area contributed by atoms with Crippen LogP contribution in [0.1, 0.15) is 36.1 Å². The first-order valence-electron chi connectivity index (χ1n) is 3.80. The quantitative estimate of drug-likeness (QED) is 0.391. The number of nitrogens with zero attached hydrogens (tertiary/aromatic N) is 2. The summed E-state index contributed by atoms with van der Waals surface area (Å²) < 4.78 is 3.73. The zero-order chi connectivity index (χ0) is 10.1. The lowest BCUT2D eigenvalue weighted by atomic mass is 9.91. The van der Waals surface area contributed by atoms with Crippen LogP contribution in [-0.2, 0) is 5.41 Å². The molecule has 0 radical (unpaired) electrons. The minimum atomic E-state index is -0.333. The number of carbonyl (C=O) groups excluding carboxylic acids is 1. The SMILES string of the molecule is CC(C)(C)c1nnsc1C(=O)NN. The predicted octanol–water partition coefficient (Wildman–Crippen LogP) is 0.439. The van der Waals surface area contributed by atoms with Crippen LogP contribution < -0.4 is 11.3 Å². The summed E-state index contributed by atoms with van der Waals surface area (Å²) in [6.07, 6.45) is 0. The Morgan fingerprint density at radius 2 is 2.15 bits per heavy atom. The van der Waals surface area contributed by atoms with E-state index < -0.39 is 0 Å². The van der Waals surface area contributed by atoms with Crippen molar-refractivity contribution in [3.8, 4) is 0 Å². The van der Waals surface area contributed by atoms with Crippen LogP contribution in [0.4, 0.5) is 0 Å². The number of aromatic nitrogens is 2. The summed E-state index contributed by atoms with van der Waals surface area (Å²) in [6, 6.07) is 0. The fourth-order valence-electron chi connectivity index (χ4n) is 0.896. The molecule has 1 aromatic rings. The molecule has 0 aromatic carbocycles. The van der Waals surface area contributed by atoms with Gasteiger partial charge in [-0.1, -0.05) is 25.3 Å². The van der Waals surface area contributed by atoms with Crippen LogP contribution in [-0.4, -0.2) is 15.5 Å². The van der Waals surface area contributed by atoms with Crippen LogP contribution in [0.2, 0.25) is 0 Å². The second-order valence-electron chi connectivity index (χ2n) is 3.67. The summed E-state index contributed by atoms with van der Waals surface area (Å²) in [6.45, 7) is 5.91. The Hall–Kier alpha value is -1.01. The fraction of sp³-hybridized carbons (Fsp3) is 0.571. The van der Waals surface area contributed by atoms with Crippen molar-refractivity contribution in [2.45, 2.75) is 26.2 Å². The van der Waals surface area contributed by atoms with Crippen molar-refractivity contribution in [3.05, 3.63) is 10.6 Å². The van der Waals surface area contributed by atoms with Crippen LogP contribution in [0.3, 0.4) is 0 Å². The van der Waals surface area contributed by atoms with Crippen LogP contribution in [0.25, 0.3) is 0 Å². The molecule has 6 heteroatoms. The second-order valence-corrected chi connectivity index (χ2v) is 4.43. The van der Waals surface area contributed by atoms with Crippen molar-refractivity contribution < 1.29 is 4.79 Å². The molecular weight excluding hydrogens is 188 g/mol. The molecule has 0 saturated carbocycles. The van der Waals surface area contributed by atoms with Gasteiger partial charge in [0.25, 0.3) is 5.91 Å². The molecular formula is C7H12N4OS. The summed E-state index contributed by atoms with van der Waals surface area (Å²) in [5.41, 5.74) is 2.57. The molecule has 72 valence electrons. The van der Waals surface area contributed by atoms with Gasteiger partial charge in [-0.25, -0.2) is 5.84 Å². The van der Waals surface area contributed by atoms with Crippen LogP contribution in [0.15, 0.2) is 0 Å². The monoisotopic (exact) mass is 200 g/mol. The highest BCUT2D eigenvalue weighted by Crippen LogP contribution is 2.25. The number of nitrogens with two attached hydrogens (primary N) is 1. The normalized spacial score (nSPS) is 11.4. The number of rotatable bonds is 1. The summed E-state index contributed by atoms with van der Waals surface area (Å²) in [7, 11) is 0. The van der Waals surface area contributed by atoms with E-state index in [2.05, 4.69) is 15.0 Å². The highest BCUT2D eigenvalue weighted by Gasteiger charge is 2.25. The maximum absolute atomic E-state index is 11.2. The Morgan fingerprint density at radius 1 is 1.54 bits per heavy atom. The van der Waals surface area contributed by atoms with Crippen molar-refractivity contribution >= 4 is 17.4 Å². The largest absolute Gasteiger partial charge is 0.289 e. The summed E-state index contributed by atoms with van der Waals surface area (Å²) in [5.74, 6) is 4.69. The van der Waals surface area contributed by atoms with E-state index >= 15 is 0 Å². The lowest BCUT2D eigenvalue weighted by Gasteiger charge is -2.15. The maximum Gasteiger partial charge on any atom is 0.278 e. The molecule has 0 aliphatic carbocycles. The Morgan fingerprint density at radius 3 is 2.62 bits per heavy atom. The highest BCUT2D eigenvalue weighted by molar-refractivity contribution is 7.08. The van der Waals surface area contributed by atoms with E-state index in [1.165, 1.54) is 0 Å². The Kier molecular flexibility index (Phi) is 2.63. The second kappa shape index (κ2) is 3.39. The van der Waals surface area contributed by atoms with Gasteiger partial charge in [0.2, 0.25) is 0 Å². The maximum atomic E-state index is 11.2. The van der Waals surface area contributed by atoms with E-state index in [1.807, 2.05) is 20.8 Å². The molecule has 5 nitrogen and oxygen atoms in total. The molecule has 0 bridgehead atoms. The molecule has 0 saturated heterocycles. The van der Waals surface area contributed by atoms with E-state index in [9.17, 15) is 4.79 Å². The molecule has 1 heterocycles. The number of hydrogen-bond acceptors (Lipinski definition) is 5. The molecule has 0 aliphatic heterocycles. The Bertz CT molecular complexity index is 315. The molecule has 0 aliphatic rings. The number of carbonyl (C=O) groups is 1. The number of amides is 1. The molecule has 0 unspecified atom stereocenters. The lowest BCUT2D eigenvalue weighted by molar-refractivity contribution is 0.0955. The van der Waals surface area contributed by atoms with E-state index in [0.717, 1.165) is 11.5 Å². The molecule has 3 N–H and O–H groups in total. The van der Waals surface area contributed by atoms with E-state index in [-0.39, 0.29) is 11.3 Å².